The van der Waals surface area contributed by atoms with Crippen molar-refractivity contribution in [3.63, 3.8) is 0 Å². The molecule has 0 amide bonds. The van der Waals surface area contributed by atoms with Crippen molar-refractivity contribution in [1.29, 1.82) is 0 Å². The first-order valence-electron chi connectivity index (χ1n) is 7.99. The van der Waals surface area contributed by atoms with Crippen molar-refractivity contribution in [2.24, 2.45) is 11.8 Å². The number of hydrogen-bond acceptors (Lipinski definition) is 9. The van der Waals surface area contributed by atoms with Gasteiger partial charge in [-0.2, -0.15) is 4.31 Å². The third kappa shape index (κ3) is 6.81. The molecule has 14 nitrogen and oxygen atoms in total. The van der Waals surface area contributed by atoms with Crippen LogP contribution in [0.3, 0.4) is 0 Å². The molecule has 1 aliphatic heterocycles. The first-order chi connectivity index (χ1) is 13.1. The molecule has 0 aliphatic carbocycles. The Balaban J connectivity index is 2.06. The molecule has 6 unspecified atom stereocenters. The van der Waals surface area contributed by atoms with Crippen LogP contribution in [0, 0.1) is 11.8 Å². The van der Waals surface area contributed by atoms with E-state index in [1.54, 1.807) is 13.8 Å². The van der Waals surface area contributed by atoms with Crippen LogP contribution in [0.1, 0.15) is 20.1 Å². The molecule has 1 aliphatic rings. The molecule has 0 radical (unpaired) electrons. The van der Waals surface area contributed by atoms with Gasteiger partial charge < -0.3 is 28.8 Å². The SMILES string of the molecule is C=P(O)(OCC1OC(n2ccc(=O)[nH]c2=O)C(C)C1C)OP(=O)(O)OP(=O)(O)O. The predicted octanol–water partition coefficient (Wildman–Crippen LogP) is 0.136. The van der Waals surface area contributed by atoms with E-state index < -0.39 is 46.8 Å². The zero-order chi connectivity index (χ0) is 22.2. The van der Waals surface area contributed by atoms with Crippen molar-refractivity contribution in [2.45, 2.75) is 26.2 Å². The first kappa shape index (κ1) is 24.4. The smallest absolute Gasteiger partial charge is 0.352 e. The Morgan fingerprint density at radius 3 is 2.34 bits per heavy atom. The number of phosphoric acid groups is 2. The van der Waals surface area contributed by atoms with E-state index in [9.17, 15) is 28.5 Å². The minimum Gasteiger partial charge on any atom is -0.352 e. The van der Waals surface area contributed by atoms with E-state index in [1.165, 1.54) is 10.8 Å². The summed E-state index contributed by atoms with van der Waals surface area (Å²) in [6.07, 6.45) is 2.89. The molecule has 17 heteroatoms. The summed E-state index contributed by atoms with van der Waals surface area (Å²) in [5.74, 6) is -0.461. The second-order valence-corrected chi connectivity index (χ2v) is 11.1. The molecule has 1 aromatic heterocycles. The lowest BCUT2D eigenvalue weighted by molar-refractivity contribution is -0.0349. The Labute approximate surface area is 164 Å². The van der Waals surface area contributed by atoms with Crippen LogP contribution in [0.5, 0.6) is 0 Å². The van der Waals surface area contributed by atoms with Gasteiger partial charge in [0.2, 0.25) is 0 Å². The van der Waals surface area contributed by atoms with Crippen molar-refractivity contribution in [1.82, 2.24) is 9.55 Å². The maximum Gasteiger partial charge on any atom is 0.487 e. The van der Waals surface area contributed by atoms with E-state index in [0.717, 1.165) is 6.07 Å². The van der Waals surface area contributed by atoms with Crippen molar-refractivity contribution < 1.29 is 46.6 Å². The molecule has 0 aromatic carbocycles. The third-order valence-electron chi connectivity index (χ3n) is 4.19. The molecule has 0 bridgehead atoms. The fourth-order valence-electron chi connectivity index (χ4n) is 2.69. The van der Waals surface area contributed by atoms with Crippen LogP contribution < -0.4 is 11.2 Å². The fraction of sp³-hybridized carbons (Fsp3) is 0.583. The van der Waals surface area contributed by atoms with Gasteiger partial charge in [0, 0.05) is 18.2 Å². The molecule has 1 saturated heterocycles. The van der Waals surface area contributed by atoms with Crippen LogP contribution in [0.25, 0.3) is 0 Å². The molecule has 2 rings (SSSR count). The average molecular weight is 478 g/mol. The van der Waals surface area contributed by atoms with Gasteiger partial charge in [-0.05, 0) is 12.2 Å². The van der Waals surface area contributed by atoms with E-state index >= 15 is 0 Å². The zero-order valence-corrected chi connectivity index (χ0v) is 17.9. The summed E-state index contributed by atoms with van der Waals surface area (Å²) >= 11 is 0. The Bertz CT molecular complexity index is 998. The standard InChI is InChI=1S/C12H21N2O12P3/c1-7-8(2)11(14-5-4-10(15)13-12(14)16)24-9(7)6-23-27(3,17)25-29(21,22)26-28(18,19)20/h4-5,7-9,11,17H,3,6H2,1-2H3,(H,21,22)(H,13,15,16)(H2,18,19,20). The lowest BCUT2D eigenvalue weighted by Crippen LogP contribution is -2.33. The molecular weight excluding hydrogens is 457 g/mol. The van der Waals surface area contributed by atoms with Crippen LogP contribution in [0.2, 0.25) is 0 Å². The maximum atomic E-state index is 12.0. The van der Waals surface area contributed by atoms with E-state index in [0.29, 0.717) is 0 Å². The lowest BCUT2D eigenvalue weighted by Gasteiger charge is -2.23. The molecule has 29 heavy (non-hydrogen) atoms. The first-order valence-corrected chi connectivity index (χ1v) is 12.8. The summed E-state index contributed by atoms with van der Waals surface area (Å²) < 4.78 is 42.0. The number of aromatic nitrogens is 2. The number of aromatic amines is 1. The molecule has 1 fully saturated rings. The molecule has 166 valence electrons. The number of nitrogens with one attached hydrogen (secondary N) is 1. The van der Waals surface area contributed by atoms with Crippen LogP contribution in [-0.4, -0.2) is 48.1 Å². The average Bonchev–Trinajstić information content (AvgIpc) is 2.78. The largest absolute Gasteiger partial charge is 0.487 e. The zero-order valence-electron chi connectivity index (χ0n) is 15.2. The minimum atomic E-state index is -5.38. The van der Waals surface area contributed by atoms with Crippen molar-refractivity contribution >= 4 is 29.5 Å². The topological polar surface area (TPSA) is 207 Å². The van der Waals surface area contributed by atoms with Gasteiger partial charge in [-0.15, -0.1) is 0 Å². The van der Waals surface area contributed by atoms with Gasteiger partial charge in [0.1, 0.15) is 6.23 Å². The molecule has 5 N–H and O–H groups in total. The Morgan fingerprint density at radius 2 is 1.79 bits per heavy atom. The summed E-state index contributed by atoms with van der Waals surface area (Å²) in [5.41, 5.74) is -1.25. The second kappa shape index (κ2) is 8.70. The summed E-state index contributed by atoms with van der Waals surface area (Å²) in [4.78, 5) is 61.7. The second-order valence-electron chi connectivity index (χ2n) is 6.36. The van der Waals surface area contributed by atoms with E-state index in [1.807, 2.05) is 0 Å². The van der Waals surface area contributed by atoms with E-state index in [2.05, 4.69) is 19.9 Å². The van der Waals surface area contributed by atoms with Gasteiger partial charge in [0.15, 0.2) is 0 Å². The molecule has 2 heterocycles. The summed E-state index contributed by atoms with van der Waals surface area (Å²) in [7, 11) is -15.0. The van der Waals surface area contributed by atoms with Gasteiger partial charge >= 0.3 is 21.3 Å². The van der Waals surface area contributed by atoms with Crippen LogP contribution in [0.15, 0.2) is 21.9 Å². The monoisotopic (exact) mass is 478 g/mol. The normalized spacial score (nSPS) is 29.3. The third-order valence-corrected chi connectivity index (χ3v) is 8.26. The van der Waals surface area contributed by atoms with Crippen LogP contribution in [-0.2, 0) is 27.0 Å². The number of ether oxygens (including phenoxy) is 1. The number of nitrogens with zero attached hydrogens (tertiary/aromatic N) is 1. The van der Waals surface area contributed by atoms with Crippen molar-refractivity contribution in [3.8, 4) is 0 Å². The molecule has 6 atom stereocenters. The van der Waals surface area contributed by atoms with Crippen LogP contribution in [0.4, 0.5) is 0 Å². The molecular formula is C12H21N2O12P3. The highest BCUT2D eigenvalue weighted by molar-refractivity contribution is 7.70. The van der Waals surface area contributed by atoms with Gasteiger partial charge in [-0.3, -0.25) is 14.3 Å². The highest BCUT2D eigenvalue weighted by Gasteiger charge is 2.42. The molecule has 0 saturated carbocycles. The van der Waals surface area contributed by atoms with Crippen LogP contribution >= 0.6 is 23.2 Å². The predicted molar refractivity (Wildman–Crippen MR) is 99.8 cm³/mol. The fourth-order valence-corrected chi connectivity index (χ4v) is 6.01. The number of rotatable bonds is 8. The van der Waals surface area contributed by atoms with Crippen molar-refractivity contribution in [2.75, 3.05) is 6.61 Å². The molecule has 1 aromatic rings. The van der Waals surface area contributed by atoms with Gasteiger partial charge in [-0.1, -0.05) is 13.8 Å². The van der Waals surface area contributed by atoms with Gasteiger partial charge in [0.05, 0.1) is 12.7 Å². The summed E-state index contributed by atoms with van der Waals surface area (Å²) in [6.45, 7) is 3.17. The number of H-pyrrole nitrogens is 1. The highest BCUT2D eigenvalue weighted by Crippen LogP contribution is 2.66. The van der Waals surface area contributed by atoms with Gasteiger partial charge in [0.25, 0.3) is 13.1 Å². The van der Waals surface area contributed by atoms with Crippen molar-refractivity contribution in [3.05, 3.63) is 33.1 Å². The van der Waals surface area contributed by atoms with E-state index in [4.69, 9.17) is 19.0 Å². The number of hydrogen-bond donors (Lipinski definition) is 5. The maximum absolute atomic E-state index is 12.0. The molecule has 0 spiro atoms. The minimum absolute atomic E-state index is 0.230. The Kier molecular flexibility index (Phi) is 7.32. The summed E-state index contributed by atoms with van der Waals surface area (Å²) in [6, 6.07) is 1.15. The van der Waals surface area contributed by atoms with Gasteiger partial charge in [-0.25, -0.2) is 18.2 Å². The Hall–Kier alpha value is -0.880. The summed E-state index contributed by atoms with van der Waals surface area (Å²) in [5, 5.41) is 0. The Morgan fingerprint density at radius 1 is 1.17 bits per heavy atom. The highest BCUT2D eigenvalue weighted by atomic mass is 31.3. The quantitative estimate of drug-likeness (QED) is 0.316. The lowest BCUT2D eigenvalue weighted by atomic mass is 9.93. The van der Waals surface area contributed by atoms with E-state index in [-0.39, 0.29) is 18.4 Å².